The van der Waals surface area contributed by atoms with Crippen LogP contribution in [0.2, 0.25) is 5.02 Å². The molecule has 0 saturated carbocycles. The highest BCUT2D eigenvalue weighted by Gasteiger charge is 2.10. The van der Waals surface area contributed by atoms with Crippen LogP contribution in [0, 0.1) is 0 Å². The lowest BCUT2D eigenvalue weighted by Crippen LogP contribution is -2.35. The van der Waals surface area contributed by atoms with Crippen molar-refractivity contribution in [2.45, 2.75) is 6.54 Å². The van der Waals surface area contributed by atoms with Crippen molar-refractivity contribution in [3.8, 4) is 0 Å². The van der Waals surface area contributed by atoms with E-state index in [1.165, 1.54) is 0 Å². The normalized spacial score (nSPS) is 11.2. The van der Waals surface area contributed by atoms with Gasteiger partial charge in [0.15, 0.2) is 0 Å². The number of carbonyl (C=O) groups is 1. The van der Waals surface area contributed by atoms with E-state index in [4.69, 9.17) is 16.7 Å². The first-order valence-corrected chi connectivity index (χ1v) is 6.18. The number of nitrogens with zero attached hydrogens (tertiary/aromatic N) is 2. The maximum atomic E-state index is 10.8. The minimum absolute atomic E-state index is 0.0521. The Hall–Kier alpha value is -1.10. The van der Waals surface area contributed by atoms with Gasteiger partial charge in [-0.2, -0.15) is 0 Å². The minimum Gasteiger partial charge on any atom is -0.480 e. The second-order valence-electron chi connectivity index (χ2n) is 4.53. The molecule has 0 unspecified atom stereocenters. The summed E-state index contributed by atoms with van der Waals surface area (Å²) in [5.41, 5.74) is 1.07. The van der Waals surface area contributed by atoms with Gasteiger partial charge in [0.25, 0.3) is 0 Å². The third-order valence-corrected chi connectivity index (χ3v) is 2.79. The van der Waals surface area contributed by atoms with E-state index in [1.807, 2.05) is 48.2 Å². The van der Waals surface area contributed by atoms with Gasteiger partial charge in [-0.05, 0) is 31.8 Å². The average Bonchev–Trinajstić information content (AvgIpc) is 2.28. The van der Waals surface area contributed by atoms with E-state index >= 15 is 0 Å². The number of hydrogen-bond donors (Lipinski definition) is 1. The van der Waals surface area contributed by atoms with Gasteiger partial charge >= 0.3 is 5.97 Å². The summed E-state index contributed by atoms with van der Waals surface area (Å²) in [6.07, 6.45) is 0. The number of carboxylic acid groups (broad SMARTS) is 1. The van der Waals surface area contributed by atoms with E-state index in [2.05, 4.69) is 0 Å². The maximum absolute atomic E-state index is 10.8. The van der Waals surface area contributed by atoms with Crippen LogP contribution in [0.5, 0.6) is 0 Å². The Kier molecular flexibility index (Phi) is 6.12. The third kappa shape index (κ3) is 6.00. The number of likely N-dealkylation sites (N-methyl/N-ethyl adjacent to an activating group) is 1. The zero-order valence-corrected chi connectivity index (χ0v) is 11.5. The summed E-state index contributed by atoms with van der Waals surface area (Å²) in [6.45, 7) is 2.23. The summed E-state index contributed by atoms with van der Waals surface area (Å²) in [7, 11) is 3.95. The topological polar surface area (TPSA) is 43.8 Å². The van der Waals surface area contributed by atoms with E-state index in [0.717, 1.165) is 18.7 Å². The zero-order valence-electron chi connectivity index (χ0n) is 10.8. The number of halogens is 1. The Morgan fingerprint density at radius 1 is 1.22 bits per heavy atom. The second-order valence-corrected chi connectivity index (χ2v) is 4.97. The lowest BCUT2D eigenvalue weighted by Gasteiger charge is -2.22. The molecule has 0 aromatic heterocycles. The average molecular weight is 271 g/mol. The van der Waals surface area contributed by atoms with Crippen molar-refractivity contribution in [1.29, 1.82) is 0 Å². The molecule has 0 aliphatic heterocycles. The molecule has 0 spiro atoms. The Balaban J connectivity index is 2.59. The van der Waals surface area contributed by atoms with Crippen LogP contribution in [-0.2, 0) is 11.3 Å². The van der Waals surface area contributed by atoms with Crippen LogP contribution in [0.3, 0.4) is 0 Å². The number of carboxylic acids is 1. The van der Waals surface area contributed by atoms with Crippen LogP contribution in [0.15, 0.2) is 24.3 Å². The summed E-state index contributed by atoms with van der Waals surface area (Å²) < 4.78 is 0. The lowest BCUT2D eigenvalue weighted by atomic mass is 10.2. The monoisotopic (exact) mass is 270 g/mol. The molecule has 1 N–H and O–H groups in total. The fraction of sp³-hybridized carbons (Fsp3) is 0.462. The first-order valence-electron chi connectivity index (χ1n) is 5.80. The number of benzene rings is 1. The Labute approximate surface area is 113 Å². The molecule has 0 aliphatic rings. The van der Waals surface area contributed by atoms with Crippen LogP contribution < -0.4 is 0 Å². The van der Waals surface area contributed by atoms with Crippen molar-refractivity contribution in [2.24, 2.45) is 0 Å². The highest BCUT2D eigenvalue weighted by molar-refractivity contribution is 6.30. The van der Waals surface area contributed by atoms with Crippen LogP contribution in [0.25, 0.3) is 0 Å². The molecule has 18 heavy (non-hydrogen) atoms. The molecule has 0 aliphatic carbocycles. The minimum atomic E-state index is -0.803. The summed E-state index contributed by atoms with van der Waals surface area (Å²) in [6, 6.07) is 7.49. The van der Waals surface area contributed by atoms with Gasteiger partial charge in [-0.15, -0.1) is 0 Å². The fourth-order valence-electron chi connectivity index (χ4n) is 1.59. The molecule has 0 heterocycles. The van der Waals surface area contributed by atoms with E-state index < -0.39 is 5.97 Å². The van der Waals surface area contributed by atoms with Gasteiger partial charge in [0, 0.05) is 24.7 Å². The summed E-state index contributed by atoms with van der Waals surface area (Å²) >= 11 is 5.82. The molecular weight excluding hydrogens is 252 g/mol. The second kappa shape index (κ2) is 7.36. The van der Waals surface area contributed by atoms with Crippen LogP contribution in [0.4, 0.5) is 0 Å². The summed E-state index contributed by atoms with van der Waals surface area (Å²) in [5, 5.41) is 9.59. The molecule has 0 bridgehead atoms. The highest BCUT2D eigenvalue weighted by Crippen LogP contribution is 2.11. The molecule has 1 aromatic rings. The van der Waals surface area contributed by atoms with Gasteiger partial charge in [-0.1, -0.05) is 23.7 Å². The zero-order chi connectivity index (χ0) is 13.5. The van der Waals surface area contributed by atoms with Crippen LogP contribution >= 0.6 is 11.6 Å². The first kappa shape index (κ1) is 15.0. The summed E-state index contributed by atoms with van der Waals surface area (Å²) in [4.78, 5) is 14.8. The predicted octanol–water partition coefficient (Wildman–Crippen LogP) is 1.79. The number of rotatable bonds is 7. The van der Waals surface area contributed by atoms with Gasteiger partial charge in [0.1, 0.15) is 0 Å². The lowest BCUT2D eigenvalue weighted by molar-refractivity contribution is -0.138. The molecular formula is C13H19ClN2O2. The molecule has 0 amide bonds. The molecule has 100 valence electrons. The van der Waals surface area contributed by atoms with Crippen LogP contribution in [0.1, 0.15) is 5.56 Å². The van der Waals surface area contributed by atoms with Gasteiger partial charge in [-0.3, -0.25) is 9.69 Å². The van der Waals surface area contributed by atoms with Crippen molar-refractivity contribution in [2.75, 3.05) is 33.7 Å². The molecule has 5 heteroatoms. The molecule has 0 fully saturated rings. The molecule has 0 atom stereocenters. The van der Waals surface area contributed by atoms with Crippen molar-refractivity contribution in [3.63, 3.8) is 0 Å². The number of hydrogen-bond acceptors (Lipinski definition) is 3. The van der Waals surface area contributed by atoms with Crippen molar-refractivity contribution < 1.29 is 9.90 Å². The first-order chi connectivity index (χ1) is 8.47. The van der Waals surface area contributed by atoms with E-state index in [-0.39, 0.29) is 6.54 Å². The Morgan fingerprint density at radius 3 is 2.33 bits per heavy atom. The molecule has 4 nitrogen and oxygen atoms in total. The fourth-order valence-corrected chi connectivity index (χ4v) is 1.72. The molecule has 1 rings (SSSR count). The molecule has 0 saturated heterocycles. The van der Waals surface area contributed by atoms with Crippen LogP contribution in [-0.4, -0.2) is 54.6 Å². The largest absolute Gasteiger partial charge is 0.480 e. The Bertz CT molecular complexity index is 379. The number of aliphatic carboxylic acids is 1. The Morgan fingerprint density at radius 2 is 1.83 bits per heavy atom. The van der Waals surface area contributed by atoms with E-state index in [9.17, 15) is 4.79 Å². The molecule has 1 aromatic carbocycles. The van der Waals surface area contributed by atoms with Gasteiger partial charge in [0.2, 0.25) is 0 Å². The van der Waals surface area contributed by atoms with Crippen molar-refractivity contribution >= 4 is 17.6 Å². The SMILES string of the molecule is CN(C)CCN(CC(=O)O)Cc1ccc(Cl)cc1. The molecule has 0 radical (unpaired) electrons. The van der Waals surface area contributed by atoms with Crippen molar-refractivity contribution in [3.05, 3.63) is 34.9 Å². The standard InChI is InChI=1S/C13H19ClN2O2/c1-15(2)7-8-16(10-13(17)18)9-11-3-5-12(14)6-4-11/h3-6H,7-10H2,1-2H3,(H,17,18). The predicted molar refractivity (Wildman–Crippen MR) is 72.9 cm³/mol. The van der Waals surface area contributed by atoms with Gasteiger partial charge in [0.05, 0.1) is 6.54 Å². The highest BCUT2D eigenvalue weighted by atomic mass is 35.5. The van der Waals surface area contributed by atoms with E-state index in [1.54, 1.807) is 0 Å². The van der Waals surface area contributed by atoms with Gasteiger partial charge in [-0.25, -0.2) is 0 Å². The van der Waals surface area contributed by atoms with Gasteiger partial charge < -0.3 is 10.0 Å². The van der Waals surface area contributed by atoms with Crippen molar-refractivity contribution in [1.82, 2.24) is 9.80 Å². The van der Waals surface area contributed by atoms with E-state index in [0.29, 0.717) is 11.6 Å². The maximum Gasteiger partial charge on any atom is 0.317 e. The summed E-state index contributed by atoms with van der Waals surface area (Å²) in [5.74, 6) is -0.803. The smallest absolute Gasteiger partial charge is 0.317 e. The quantitative estimate of drug-likeness (QED) is 0.820. The third-order valence-electron chi connectivity index (χ3n) is 2.54.